The molecule has 0 amide bonds. The highest BCUT2D eigenvalue weighted by Gasteiger charge is 2.25. The average molecular weight is 281 g/mol. The standard InChI is InChI=1S/C14H20FN3O2/c1-8-7-18(2)4-3-12(8)17-13-5-9(14(19)20)11(16)6-10(13)15/h5-6,8,12,17H,3-4,7,16H2,1-2H3,(H,19,20). The Balaban J connectivity index is 2.21. The number of hydrogen-bond acceptors (Lipinski definition) is 4. The molecule has 5 nitrogen and oxygen atoms in total. The number of aromatic carboxylic acids is 1. The number of carbonyl (C=O) groups is 1. The molecule has 1 heterocycles. The van der Waals surface area contributed by atoms with Crippen LogP contribution in [0.3, 0.4) is 0 Å². The molecular weight excluding hydrogens is 261 g/mol. The zero-order valence-electron chi connectivity index (χ0n) is 11.7. The van der Waals surface area contributed by atoms with Crippen LogP contribution in [0.25, 0.3) is 0 Å². The Kier molecular flexibility index (Phi) is 4.13. The minimum Gasteiger partial charge on any atom is -0.478 e. The third-order valence-electron chi connectivity index (χ3n) is 3.82. The molecule has 0 aromatic heterocycles. The van der Waals surface area contributed by atoms with Crippen molar-refractivity contribution in [3.8, 4) is 0 Å². The highest BCUT2D eigenvalue weighted by atomic mass is 19.1. The van der Waals surface area contributed by atoms with Crippen molar-refractivity contribution >= 4 is 17.3 Å². The predicted molar refractivity (Wildman–Crippen MR) is 76.5 cm³/mol. The number of carboxylic acids is 1. The fourth-order valence-electron chi connectivity index (χ4n) is 2.65. The molecule has 20 heavy (non-hydrogen) atoms. The third kappa shape index (κ3) is 3.01. The minimum absolute atomic E-state index is 0.0584. The van der Waals surface area contributed by atoms with Crippen molar-refractivity contribution in [3.05, 3.63) is 23.5 Å². The summed E-state index contributed by atoms with van der Waals surface area (Å²) in [6.45, 7) is 3.96. The number of carboxylic acid groups (broad SMARTS) is 1. The summed E-state index contributed by atoms with van der Waals surface area (Å²) >= 11 is 0. The van der Waals surface area contributed by atoms with Crippen molar-refractivity contribution in [1.29, 1.82) is 0 Å². The fourth-order valence-corrected chi connectivity index (χ4v) is 2.65. The molecule has 1 aliphatic rings. The fraction of sp³-hybridized carbons (Fsp3) is 0.500. The van der Waals surface area contributed by atoms with Crippen LogP contribution in [0, 0.1) is 11.7 Å². The van der Waals surface area contributed by atoms with E-state index in [4.69, 9.17) is 10.8 Å². The van der Waals surface area contributed by atoms with Gasteiger partial charge in [0.2, 0.25) is 0 Å². The van der Waals surface area contributed by atoms with Gasteiger partial charge in [0.05, 0.1) is 11.3 Å². The summed E-state index contributed by atoms with van der Waals surface area (Å²) in [7, 11) is 2.05. The number of anilines is 2. The first-order chi connectivity index (χ1) is 9.38. The van der Waals surface area contributed by atoms with Gasteiger partial charge in [-0.15, -0.1) is 0 Å². The second-order valence-electron chi connectivity index (χ2n) is 5.50. The number of nitrogen functional groups attached to an aromatic ring is 1. The van der Waals surface area contributed by atoms with Crippen LogP contribution in [-0.2, 0) is 0 Å². The molecule has 0 saturated carbocycles. The molecule has 2 unspecified atom stereocenters. The van der Waals surface area contributed by atoms with Gasteiger partial charge in [-0.05, 0) is 38.1 Å². The van der Waals surface area contributed by atoms with Crippen LogP contribution in [-0.4, -0.2) is 42.2 Å². The van der Waals surface area contributed by atoms with E-state index in [2.05, 4.69) is 24.2 Å². The average Bonchev–Trinajstić information content (AvgIpc) is 2.35. The monoisotopic (exact) mass is 281 g/mol. The molecule has 1 saturated heterocycles. The molecule has 1 aromatic carbocycles. The van der Waals surface area contributed by atoms with E-state index in [9.17, 15) is 9.18 Å². The summed E-state index contributed by atoms with van der Waals surface area (Å²) in [5.74, 6) is -1.31. The number of piperidine rings is 1. The van der Waals surface area contributed by atoms with Crippen molar-refractivity contribution in [2.45, 2.75) is 19.4 Å². The second-order valence-corrected chi connectivity index (χ2v) is 5.50. The van der Waals surface area contributed by atoms with E-state index in [-0.39, 0.29) is 23.0 Å². The quantitative estimate of drug-likeness (QED) is 0.737. The summed E-state index contributed by atoms with van der Waals surface area (Å²) < 4.78 is 13.9. The Bertz CT molecular complexity index is 521. The van der Waals surface area contributed by atoms with Crippen LogP contribution in [0.1, 0.15) is 23.7 Å². The predicted octanol–water partition coefficient (Wildman–Crippen LogP) is 1.86. The zero-order chi connectivity index (χ0) is 14.9. The maximum absolute atomic E-state index is 13.9. The van der Waals surface area contributed by atoms with Crippen molar-refractivity contribution < 1.29 is 14.3 Å². The van der Waals surface area contributed by atoms with Crippen molar-refractivity contribution in [1.82, 2.24) is 4.90 Å². The summed E-state index contributed by atoms with van der Waals surface area (Å²) in [5, 5.41) is 12.2. The summed E-state index contributed by atoms with van der Waals surface area (Å²) in [6, 6.07) is 2.47. The molecule has 2 rings (SSSR count). The van der Waals surface area contributed by atoms with Crippen molar-refractivity contribution in [2.75, 3.05) is 31.2 Å². The number of benzene rings is 1. The Morgan fingerprint density at radius 2 is 2.25 bits per heavy atom. The minimum atomic E-state index is -1.15. The van der Waals surface area contributed by atoms with Gasteiger partial charge < -0.3 is 21.1 Å². The molecule has 0 aliphatic carbocycles. The second kappa shape index (κ2) is 5.66. The lowest BCUT2D eigenvalue weighted by molar-refractivity contribution is 0.0698. The first-order valence-corrected chi connectivity index (χ1v) is 6.66. The Morgan fingerprint density at radius 1 is 1.55 bits per heavy atom. The molecule has 110 valence electrons. The van der Waals surface area contributed by atoms with Gasteiger partial charge in [0, 0.05) is 18.3 Å². The smallest absolute Gasteiger partial charge is 0.337 e. The molecule has 1 aliphatic heterocycles. The largest absolute Gasteiger partial charge is 0.478 e. The molecular formula is C14H20FN3O2. The molecule has 6 heteroatoms. The first-order valence-electron chi connectivity index (χ1n) is 6.66. The number of halogens is 1. The summed E-state index contributed by atoms with van der Waals surface area (Å²) in [5.41, 5.74) is 5.59. The van der Waals surface area contributed by atoms with Gasteiger partial charge in [-0.1, -0.05) is 6.92 Å². The van der Waals surface area contributed by atoms with Crippen molar-refractivity contribution in [2.24, 2.45) is 5.92 Å². The molecule has 0 bridgehead atoms. The number of rotatable bonds is 3. The lowest BCUT2D eigenvalue weighted by Crippen LogP contribution is -2.43. The van der Waals surface area contributed by atoms with E-state index < -0.39 is 11.8 Å². The molecule has 0 spiro atoms. The van der Waals surface area contributed by atoms with E-state index in [1.807, 2.05) is 0 Å². The van der Waals surface area contributed by atoms with Gasteiger partial charge in [0.1, 0.15) is 5.82 Å². The van der Waals surface area contributed by atoms with Crippen LogP contribution in [0.15, 0.2) is 12.1 Å². The maximum Gasteiger partial charge on any atom is 0.337 e. The molecule has 1 fully saturated rings. The van der Waals surface area contributed by atoms with Crippen LogP contribution in [0.4, 0.5) is 15.8 Å². The van der Waals surface area contributed by atoms with Gasteiger partial charge in [-0.2, -0.15) is 0 Å². The molecule has 0 radical (unpaired) electrons. The van der Waals surface area contributed by atoms with Gasteiger partial charge in [0.15, 0.2) is 0 Å². The van der Waals surface area contributed by atoms with Gasteiger partial charge in [-0.25, -0.2) is 9.18 Å². The highest BCUT2D eigenvalue weighted by molar-refractivity contribution is 5.94. The lowest BCUT2D eigenvalue weighted by atomic mass is 9.94. The zero-order valence-corrected chi connectivity index (χ0v) is 11.7. The molecule has 1 aromatic rings. The topological polar surface area (TPSA) is 78.6 Å². The van der Waals surface area contributed by atoms with E-state index in [0.717, 1.165) is 25.6 Å². The van der Waals surface area contributed by atoms with E-state index in [1.54, 1.807) is 0 Å². The van der Waals surface area contributed by atoms with Gasteiger partial charge >= 0.3 is 5.97 Å². The molecule has 4 N–H and O–H groups in total. The molecule has 2 atom stereocenters. The van der Waals surface area contributed by atoms with Gasteiger partial charge in [0.25, 0.3) is 0 Å². The first kappa shape index (κ1) is 14.6. The number of hydrogen-bond donors (Lipinski definition) is 3. The van der Waals surface area contributed by atoms with E-state index in [0.29, 0.717) is 5.92 Å². The van der Waals surface area contributed by atoms with Crippen LogP contribution < -0.4 is 11.1 Å². The van der Waals surface area contributed by atoms with E-state index >= 15 is 0 Å². The van der Waals surface area contributed by atoms with Crippen molar-refractivity contribution in [3.63, 3.8) is 0 Å². The number of nitrogens with zero attached hydrogens (tertiary/aromatic N) is 1. The maximum atomic E-state index is 13.9. The number of nitrogens with two attached hydrogens (primary N) is 1. The van der Waals surface area contributed by atoms with Gasteiger partial charge in [-0.3, -0.25) is 0 Å². The normalized spacial score (nSPS) is 23.6. The number of likely N-dealkylation sites (tertiary alicyclic amines) is 1. The van der Waals surface area contributed by atoms with Crippen LogP contribution >= 0.6 is 0 Å². The third-order valence-corrected chi connectivity index (χ3v) is 3.82. The van der Waals surface area contributed by atoms with E-state index in [1.165, 1.54) is 6.07 Å². The summed E-state index contributed by atoms with van der Waals surface area (Å²) in [4.78, 5) is 13.3. The SMILES string of the molecule is CC1CN(C)CCC1Nc1cc(C(=O)O)c(N)cc1F. The Morgan fingerprint density at radius 3 is 2.85 bits per heavy atom. The lowest BCUT2D eigenvalue weighted by Gasteiger charge is -2.35. The Hall–Kier alpha value is -1.82. The highest BCUT2D eigenvalue weighted by Crippen LogP contribution is 2.26. The Labute approximate surface area is 117 Å². The number of nitrogens with one attached hydrogen (secondary N) is 1. The van der Waals surface area contributed by atoms with Crippen LogP contribution in [0.2, 0.25) is 0 Å². The van der Waals surface area contributed by atoms with Crippen LogP contribution in [0.5, 0.6) is 0 Å². The summed E-state index contributed by atoms with van der Waals surface area (Å²) in [6.07, 6.45) is 0.893.